The SMILES string of the molecule is N#Cc1cccc2c(-c3ccc(P)cn3)cn(I)c12. The summed E-state index contributed by atoms with van der Waals surface area (Å²) in [6.07, 6.45) is 3.83. The zero-order chi connectivity index (χ0) is 13.4. The van der Waals surface area contributed by atoms with E-state index in [0.717, 1.165) is 27.5 Å². The number of aromatic nitrogens is 2. The van der Waals surface area contributed by atoms with Crippen molar-refractivity contribution < 1.29 is 0 Å². The lowest BCUT2D eigenvalue weighted by Crippen LogP contribution is -1.92. The average molecular weight is 377 g/mol. The molecular formula is C14H9IN3P. The number of nitriles is 1. The van der Waals surface area contributed by atoms with Gasteiger partial charge in [0.25, 0.3) is 0 Å². The Balaban J connectivity index is 2.32. The minimum absolute atomic E-state index is 0.681. The second kappa shape index (κ2) is 4.92. The summed E-state index contributed by atoms with van der Waals surface area (Å²) in [6.45, 7) is 0. The maximum Gasteiger partial charge on any atom is 0.101 e. The summed E-state index contributed by atoms with van der Waals surface area (Å²) in [7, 11) is 2.63. The largest absolute Gasteiger partial charge is 0.288 e. The van der Waals surface area contributed by atoms with Gasteiger partial charge in [-0.15, -0.1) is 9.24 Å². The molecule has 92 valence electrons. The first-order chi connectivity index (χ1) is 9.20. The molecule has 0 aliphatic rings. The first-order valence-corrected chi connectivity index (χ1v) is 7.17. The number of nitrogens with zero attached hydrogens (tertiary/aromatic N) is 3. The number of fused-ring (bicyclic) bond motifs is 1. The molecular weight excluding hydrogens is 368 g/mol. The summed E-state index contributed by atoms with van der Waals surface area (Å²) in [4.78, 5) is 4.45. The highest BCUT2D eigenvalue weighted by Crippen LogP contribution is 2.32. The normalized spacial score (nSPS) is 10.6. The highest BCUT2D eigenvalue weighted by Gasteiger charge is 2.12. The number of pyridine rings is 1. The van der Waals surface area contributed by atoms with E-state index < -0.39 is 0 Å². The van der Waals surface area contributed by atoms with Crippen LogP contribution in [0.3, 0.4) is 0 Å². The smallest absolute Gasteiger partial charge is 0.101 e. The Morgan fingerprint density at radius 1 is 1.26 bits per heavy atom. The van der Waals surface area contributed by atoms with Crippen molar-refractivity contribution in [3.8, 4) is 17.3 Å². The molecule has 0 spiro atoms. The maximum atomic E-state index is 9.19. The average Bonchev–Trinajstić information content (AvgIpc) is 2.77. The minimum atomic E-state index is 0.681. The van der Waals surface area contributed by atoms with Crippen molar-refractivity contribution in [2.24, 2.45) is 0 Å². The molecule has 3 rings (SSSR count). The van der Waals surface area contributed by atoms with Gasteiger partial charge in [0.2, 0.25) is 0 Å². The summed E-state index contributed by atoms with van der Waals surface area (Å²) < 4.78 is 1.96. The lowest BCUT2D eigenvalue weighted by molar-refractivity contribution is 1.34. The van der Waals surface area contributed by atoms with Crippen LogP contribution in [0.2, 0.25) is 0 Å². The Kier molecular flexibility index (Phi) is 3.26. The fourth-order valence-electron chi connectivity index (χ4n) is 2.10. The quantitative estimate of drug-likeness (QED) is 0.483. The van der Waals surface area contributed by atoms with E-state index in [4.69, 9.17) is 0 Å². The van der Waals surface area contributed by atoms with E-state index in [9.17, 15) is 5.26 Å². The van der Waals surface area contributed by atoms with Gasteiger partial charge in [0.1, 0.15) is 6.07 Å². The number of benzene rings is 1. The standard InChI is InChI=1S/C14H9IN3P/c15-18-8-12(13-5-4-10(19)7-17-13)11-3-1-2-9(6-16)14(11)18/h1-5,7-8H,19H2. The van der Waals surface area contributed by atoms with Crippen molar-refractivity contribution in [2.45, 2.75) is 0 Å². The van der Waals surface area contributed by atoms with Gasteiger partial charge in [-0.2, -0.15) is 5.26 Å². The van der Waals surface area contributed by atoms with Gasteiger partial charge in [0, 0.05) is 23.3 Å². The third kappa shape index (κ3) is 2.13. The summed E-state index contributed by atoms with van der Waals surface area (Å²) in [6, 6.07) is 12.0. The number of halogens is 1. The fraction of sp³-hybridized carbons (Fsp3) is 0. The molecule has 19 heavy (non-hydrogen) atoms. The lowest BCUT2D eigenvalue weighted by Gasteiger charge is -1.99. The molecule has 2 heterocycles. The van der Waals surface area contributed by atoms with Crippen LogP contribution in [0.1, 0.15) is 5.56 Å². The topological polar surface area (TPSA) is 41.6 Å². The highest BCUT2D eigenvalue weighted by molar-refractivity contribution is 14.1. The van der Waals surface area contributed by atoms with E-state index >= 15 is 0 Å². The van der Waals surface area contributed by atoms with Crippen LogP contribution >= 0.6 is 32.1 Å². The van der Waals surface area contributed by atoms with Crippen LogP contribution in [0, 0.1) is 11.3 Å². The zero-order valence-corrected chi connectivity index (χ0v) is 13.2. The molecule has 1 atom stereocenters. The van der Waals surface area contributed by atoms with Crippen LogP contribution in [0.5, 0.6) is 0 Å². The van der Waals surface area contributed by atoms with Gasteiger partial charge < -0.3 is 0 Å². The molecule has 5 heteroatoms. The summed E-state index contributed by atoms with van der Waals surface area (Å²) in [5, 5.41) is 11.3. The van der Waals surface area contributed by atoms with E-state index in [1.54, 1.807) is 0 Å². The van der Waals surface area contributed by atoms with E-state index in [1.165, 1.54) is 0 Å². The molecule has 0 saturated heterocycles. The first kappa shape index (κ1) is 12.6. The van der Waals surface area contributed by atoms with Gasteiger partial charge in [-0.3, -0.25) is 7.76 Å². The molecule has 3 aromatic rings. The van der Waals surface area contributed by atoms with Crippen molar-refractivity contribution in [3.05, 3.63) is 48.3 Å². The Morgan fingerprint density at radius 2 is 2.11 bits per heavy atom. The molecule has 0 aliphatic carbocycles. The van der Waals surface area contributed by atoms with Gasteiger partial charge in [-0.05, 0) is 17.4 Å². The number of para-hydroxylation sites is 1. The van der Waals surface area contributed by atoms with Crippen molar-refractivity contribution in [1.29, 1.82) is 5.26 Å². The van der Waals surface area contributed by atoms with Crippen LogP contribution < -0.4 is 5.30 Å². The highest BCUT2D eigenvalue weighted by atomic mass is 127. The number of hydrogen-bond acceptors (Lipinski definition) is 2. The monoisotopic (exact) mass is 377 g/mol. The van der Waals surface area contributed by atoms with Crippen molar-refractivity contribution in [2.75, 3.05) is 0 Å². The molecule has 0 fully saturated rings. The van der Waals surface area contributed by atoms with Crippen LogP contribution in [0.4, 0.5) is 0 Å². The Labute approximate surface area is 127 Å². The van der Waals surface area contributed by atoms with Crippen LogP contribution in [-0.4, -0.2) is 7.76 Å². The van der Waals surface area contributed by atoms with E-state index in [0.29, 0.717) is 5.56 Å². The minimum Gasteiger partial charge on any atom is -0.288 e. The maximum absolute atomic E-state index is 9.19. The number of rotatable bonds is 1. The van der Waals surface area contributed by atoms with Gasteiger partial charge >= 0.3 is 0 Å². The van der Waals surface area contributed by atoms with Crippen molar-refractivity contribution >= 4 is 48.3 Å². The Morgan fingerprint density at radius 3 is 2.79 bits per heavy atom. The predicted octanol–water partition coefficient (Wildman–Crippen LogP) is 3.27. The molecule has 1 unspecified atom stereocenters. The van der Waals surface area contributed by atoms with Crippen molar-refractivity contribution in [1.82, 2.24) is 7.76 Å². The van der Waals surface area contributed by atoms with Crippen LogP contribution in [-0.2, 0) is 0 Å². The van der Waals surface area contributed by atoms with Gasteiger partial charge in [0.05, 0.1) is 39.6 Å². The van der Waals surface area contributed by atoms with Crippen LogP contribution in [0.25, 0.3) is 22.2 Å². The van der Waals surface area contributed by atoms with E-state index in [2.05, 4.69) is 43.2 Å². The fourth-order valence-corrected chi connectivity index (χ4v) is 3.07. The molecule has 0 amide bonds. The molecule has 2 aromatic heterocycles. The molecule has 1 aromatic carbocycles. The summed E-state index contributed by atoms with van der Waals surface area (Å²) >= 11 is 2.20. The van der Waals surface area contributed by atoms with Gasteiger partial charge in [-0.1, -0.05) is 18.2 Å². The summed E-state index contributed by atoms with van der Waals surface area (Å²) in [5.74, 6) is 0. The van der Waals surface area contributed by atoms with Crippen LogP contribution in [0.15, 0.2) is 42.7 Å². The summed E-state index contributed by atoms with van der Waals surface area (Å²) in [5.41, 5.74) is 3.59. The Bertz CT molecular complexity index is 800. The molecule has 0 aliphatic heterocycles. The molecule has 0 bridgehead atoms. The molecule has 3 nitrogen and oxygen atoms in total. The van der Waals surface area contributed by atoms with Gasteiger partial charge in [0.15, 0.2) is 0 Å². The second-order valence-corrected chi connectivity index (χ2v) is 5.85. The van der Waals surface area contributed by atoms with E-state index in [1.807, 2.05) is 45.5 Å². The zero-order valence-electron chi connectivity index (χ0n) is 9.84. The molecule has 0 radical (unpaired) electrons. The number of hydrogen-bond donors (Lipinski definition) is 0. The second-order valence-electron chi connectivity index (χ2n) is 4.14. The lowest BCUT2D eigenvalue weighted by atomic mass is 10.1. The molecule has 0 saturated carbocycles. The third-order valence-corrected chi connectivity index (χ3v) is 4.07. The van der Waals surface area contributed by atoms with E-state index in [-0.39, 0.29) is 0 Å². The third-order valence-electron chi connectivity index (χ3n) is 2.97. The van der Waals surface area contributed by atoms with Gasteiger partial charge in [-0.25, -0.2) is 0 Å². The Hall–Kier alpha value is -1.44. The van der Waals surface area contributed by atoms with Crippen molar-refractivity contribution in [3.63, 3.8) is 0 Å². The first-order valence-electron chi connectivity index (χ1n) is 5.63. The predicted molar refractivity (Wildman–Crippen MR) is 88.6 cm³/mol. The molecule has 0 N–H and O–H groups in total.